The van der Waals surface area contributed by atoms with Crippen LogP contribution in [-0.2, 0) is 38.8 Å². The van der Waals surface area contributed by atoms with Gasteiger partial charge in [0.25, 0.3) is 0 Å². The van der Waals surface area contributed by atoms with Crippen LogP contribution >= 0.6 is 12.6 Å². The molecule has 0 aliphatic rings. The summed E-state index contributed by atoms with van der Waals surface area (Å²) < 4.78 is 28.8. The van der Waals surface area contributed by atoms with E-state index >= 15 is 0 Å². The Labute approximate surface area is 314 Å². The van der Waals surface area contributed by atoms with Crippen molar-refractivity contribution in [2.45, 2.75) is 81.4 Å². The Morgan fingerprint density at radius 2 is 1.36 bits per heavy atom. The number of fused-ring (bicyclic) bond motifs is 1. The molecule has 4 amide bonds. The Kier molecular flexibility index (Phi) is 18.0. The molecule has 2 rings (SSSR count). The van der Waals surface area contributed by atoms with E-state index in [0.29, 0.717) is 30.2 Å². The molecule has 0 radical (unpaired) electrons. The molecule has 2 aromatic rings. The summed E-state index contributed by atoms with van der Waals surface area (Å²) in [5.74, 6) is -6.42. The van der Waals surface area contributed by atoms with Gasteiger partial charge in [0.2, 0.25) is 33.7 Å². The maximum atomic E-state index is 13.4. The summed E-state index contributed by atoms with van der Waals surface area (Å²) in [5.41, 5.74) is 6.36. The van der Waals surface area contributed by atoms with Gasteiger partial charge in [-0.3, -0.25) is 24.0 Å². The third kappa shape index (κ3) is 14.1. The summed E-state index contributed by atoms with van der Waals surface area (Å²) in [5, 5.41) is 29.7. The number of nitrogens with zero attached hydrogens (tertiary/aromatic N) is 1. The van der Waals surface area contributed by atoms with Crippen molar-refractivity contribution in [2.24, 2.45) is 11.7 Å². The maximum absolute atomic E-state index is 13.4. The van der Waals surface area contributed by atoms with Gasteiger partial charge in [-0.15, -0.1) is 0 Å². The monoisotopic (exact) mass is 781 g/mol. The fraction of sp³-hybridized carbons (Fsp3) is 0.529. The molecule has 0 aliphatic heterocycles. The topological polar surface area (TPSA) is 266 Å². The first-order valence-corrected chi connectivity index (χ1v) is 19.2. The summed E-state index contributed by atoms with van der Waals surface area (Å²) in [7, 11) is -0.567. The molecule has 9 N–H and O–H groups in total. The zero-order valence-corrected chi connectivity index (χ0v) is 32.0. The fourth-order valence-electron chi connectivity index (χ4n) is 5.37. The van der Waals surface area contributed by atoms with Crippen LogP contribution in [-0.4, -0.2) is 111 Å². The lowest BCUT2D eigenvalue weighted by atomic mass is 10.0. The predicted octanol–water partition coefficient (Wildman–Crippen LogP) is 0.178. The van der Waals surface area contributed by atoms with Gasteiger partial charge in [-0.05, 0) is 56.7 Å². The van der Waals surface area contributed by atoms with Gasteiger partial charge >= 0.3 is 11.9 Å². The Morgan fingerprint density at radius 3 is 1.91 bits per heavy atom. The smallest absolute Gasteiger partial charge is 0.326 e. The molecule has 0 aliphatic carbocycles. The fourth-order valence-corrected chi connectivity index (χ4v) is 6.83. The van der Waals surface area contributed by atoms with E-state index in [2.05, 4.69) is 38.6 Å². The first-order valence-electron chi connectivity index (χ1n) is 17.1. The average Bonchev–Trinajstić information content (AvgIpc) is 3.09. The number of aliphatic carboxylic acids is 2. The van der Waals surface area contributed by atoms with Crippen LogP contribution in [0.2, 0.25) is 0 Å². The number of rotatable bonds is 23. The third-order valence-corrected chi connectivity index (χ3v) is 9.89. The van der Waals surface area contributed by atoms with Crippen molar-refractivity contribution in [2.75, 3.05) is 37.8 Å². The van der Waals surface area contributed by atoms with E-state index in [1.165, 1.54) is 6.07 Å². The number of thiol groups is 1. The van der Waals surface area contributed by atoms with E-state index in [4.69, 9.17) is 5.73 Å². The maximum Gasteiger partial charge on any atom is 0.326 e. The van der Waals surface area contributed by atoms with Crippen LogP contribution < -0.4 is 36.6 Å². The number of nitrogens with two attached hydrogens (primary N) is 1. The highest BCUT2D eigenvalue weighted by Gasteiger charge is 2.32. The first-order chi connectivity index (χ1) is 24.9. The number of benzene rings is 2. The van der Waals surface area contributed by atoms with Gasteiger partial charge in [-0.2, -0.15) is 12.6 Å². The molecule has 4 atom stereocenters. The van der Waals surface area contributed by atoms with Crippen LogP contribution in [0.5, 0.6) is 0 Å². The summed E-state index contributed by atoms with van der Waals surface area (Å²) in [6.07, 6.45) is 0.124. The number of anilines is 1. The molecule has 0 fully saturated rings. The Hall–Kier alpha value is -4.46. The molecular formula is C34H51N7O10S2. The highest BCUT2D eigenvalue weighted by molar-refractivity contribution is 7.89. The highest BCUT2D eigenvalue weighted by atomic mass is 32.2. The normalized spacial score (nSPS) is 13.7. The number of nitrogens with one attached hydrogen (secondary N) is 5. The molecule has 0 bridgehead atoms. The number of carboxylic acids is 2. The number of unbranched alkanes of at least 4 members (excludes halogenated alkanes) is 1. The van der Waals surface area contributed by atoms with Crippen LogP contribution in [0, 0.1) is 5.92 Å². The molecule has 0 unspecified atom stereocenters. The lowest BCUT2D eigenvalue weighted by molar-refractivity contribution is -0.142. The molecule has 0 saturated heterocycles. The summed E-state index contributed by atoms with van der Waals surface area (Å²) >= 11 is 4.12. The first kappa shape index (κ1) is 44.7. The molecule has 0 heterocycles. The van der Waals surface area contributed by atoms with Gasteiger partial charge in [0.1, 0.15) is 24.2 Å². The molecule has 17 nitrogen and oxygen atoms in total. The van der Waals surface area contributed by atoms with E-state index in [-0.39, 0.29) is 29.4 Å². The van der Waals surface area contributed by atoms with E-state index in [1.807, 2.05) is 25.1 Å². The quantitative estimate of drug-likeness (QED) is 0.0540. The second-order valence-corrected chi connectivity index (χ2v) is 15.1. The van der Waals surface area contributed by atoms with Crippen LogP contribution in [0.4, 0.5) is 5.69 Å². The highest BCUT2D eigenvalue weighted by Crippen LogP contribution is 2.30. The number of carboxylic acid groups (broad SMARTS) is 2. The molecule has 53 heavy (non-hydrogen) atoms. The largest absolute Gasteiger partial charge is 0.481 e. The number of carbonyl (C=O) groups excluding carboxylic acids is 4. The van der Waals surface area contributed by atoms with Crippen LogP contribution in [0.15, 0.2) is 41.3 Å². The van der Waals surface area contributed by atoms with E-state index in [9.17, 15) is 47.4 Å². The van der Waals surface area contributed by atoms with Gasteiger partial charge in [-0.1, -0.05) is 38.1 Å². The Morgan fingerprint density at radius 1 is 0.792 bits per heavy atom. The van der Waals surface area contributed by atoms with Crippen LogP contribution in [0.3, 0.4) is 0 Å². The molecule has 19 heteroatoms. The predicted molar refractivity (Wildman–Crippen MR) is 202 cm³/mol. The zero-order valence-electron chi connectivity index (χ0n) is 30.3. The lowest BCUT2D eigenvalue weighted by Crippen LogP contribution is -2.58. The summed E-state index contributed by atoms with van der Waals surface area (Å²) in [4.78, 5) is 77.7. The molecule has 0 aromatic heterocycles. The molecule has 0 saturated carbocycles. The minimum atomic E-state index is -4.21. The number of hydrogen-bond acceptors (Lipinski definition) is 11. The van der Waals surface area contributed by atoms with Crippen molar-refractivity contribution in [3.63, 3.8) is 0 Å². The Bertz CT molecular complexity index is 1720. The van der Waals surface area contributed by atoms with Gasteiger partial charge in [-0.25, -0.2) is 17.9 Å². The van der Waals surface area contributed by atoms with E-state index < -0.39 is 89.1 Å². The van der Waals surface area contributed by atoms with Crippen molar-refractivity contribution < 1.29 is 47.4 Å². The SMILES string of the molecule is CC(C)C[C@H](NC(=O)[C@H](CCCCN)NC(=O)[C@H](CCC(=O)O)NC(=O)[C@H](CS)NC(=O)CNS(=O)(=O)c1cccc2c(N(C)C)cccc12)C(=O)O. The van der Waals surface area contributed by atoms with Gasteiger partial charge in [0.15, 0.2) is 0 Å². The second-order valence-electron chi connectivity index (χ2n) is 13.0. The lowest BCUT2D eigenvalue weighted by Gasteiger charge is -2.26. The number of sulfonamides is 1. The third-order valence-electron chi connectivity index (χ3n) is 8.07. The second kappa shape index (κ2) is 21.3. The van der Waals surface area contributed by atoms with Crippen LogP contribution in [0.25, 0.3) is 10.8 Å². The standard InChI is InChI=1S/C34H51N7O10S2/c1-20(2)17-25(34(48)49)40-31(45)23(11-5-6-16-35)38-32(46)24(14-15-30(43)44)39-33(47)26(19-52)37-29(42)18-36-53(50,51)28-13-8-9-21-22(28)10-7-12-27(21)41(3)4/h7-10,12-13,20,23-26,36,52H,5-6,11,14-19,35H2,1-4H3,(H,37,42)(H,38,46)(H,39,47)(H,40,45)(H,43,44)(H,48,49)/t23-,24-,25-,26-/m0/s1. The Balaban J connectivity index is 2.18. The van der Waals surface area contributed by atoms with Crippen molar-refractivity contribution in [3.05, 3.63) is 36.4 Å². The van der Waals surface area contributed by atoms with Crippen LogP contribution in [0.1, 0.15) is 52.4 Å². The zero-order chi connectivity index (χ0) is 39.9. The van der Waals surface area contributed by atoms with Crippen molar-refractivity contribution in [3.8, 4) is 0 Å². The van der Waals surface area contributed by atoms with Crippen molar-refractivity contribution in [1.29, 1.82) is 0 Å². The van der Waals surface area contributed by atoms with Gasteiger partial charge in [0, 0.05) is 42.7 Å². The molecule has 0 spiro atoms. The van der Waals surface area contributed by atoms with Gasteiger partial charge < -0.3 is 42.1 Å². The minimum absolute atomic E-state index is 0.0595. The molecule has 2 aromatic carbocycles. The average molecular weight is 782 g/mol. The molecular weight excluding hydrogens is 731 g/mol. The van der Waals surface area contributed by atoms with Crippen molar-refractivity contribution >= 4 is 74.7 Å². The number of amides is 4. The molecule has 294 valence electrons. The summed E-state index contributed by atoms with van der Waals surface area (Å²) in [6, 6.07) is 4.60. The number of hydrogen-bond donors (Lipinski definition) is 9. The number of carbonyl (C=O) groups is 6. The van der Waals surface area contributed by atoms with Crippen molar-refractivity contribution in [1.82, 2.24) is 26.0 Å². The summed E-state index contributed by atoms with van der Waals surface area (Å²) in [6.45, 7) is 3.11. The minimum Gasteiger partial charge on any atom is -0.481 e. The van der Waals surface area contributed by atoms with Gasteiger partial charge in [0.05, 0.1) is 11.4 Å². The van der Waals surface area contributed by atoms with E-state index in [0.717, 1.165) is 5.69 Å². The van der Waals surface area contributed by atoms with E-state index in [1.54, 1.807) is 38.1 Å².